The molecule has 0 spiro atoms. The number of carboxylic acid groups (broad SMARTS) is 1. The van der Waals surface area contributed by atoms with Gasteiger partial charge in [0.2, 0.25) is 29.5 Å². The number of hydrogen-bond donors (Lipinski definition) is 7. The Bertz CT molecular complexity index is 1020. The minimum atomic E-state index is -1.26. The fraction of sp³-hybridized carbons (Fsp3) is 0.455. The Morgan fingerprint density at radius 2 is 1.70 bits per heavy atom. The second kappa shape index (κ2) is 14.3. The summed E-state index contributed by atoms with van der Waals surface area (Å²) in [6, 6.07) is 1.63. The number of aliphatic carboxylic acids is 1. The fourth-order valence-electron chi connectivity index (χ4n) is 3.13. The van der Waals surface area contributed by atoms with Crippen LogP contribution in [-0.4, -0.2) is 87.9 Å². The number of phenols is 1. The van der Waals surface area contributed by atoms with Crippen LogP contribution in [0.25, 0.3) is 0 Å². The number of carbonyl (C=O) groups excluding carboxylic acids is 5. The normalized spacial score (nSPS) is 22.3. The monoisotopic (exact) mass is 555 g/mol. The van der Waals surface area contributed by atoms with Crippen LogP contribution in [0.2, 0.25) is 0 Å². The lowest BCUT2D eigenvalue weighted by Crippen LogP contribution is -2.57. The molecule has 0 saturated carbocycles. The van der Waals surface area contributed by atoms with Crippen molar-refractivity contribution < 1.29 is 39.0 Å². The second-order valence-electron chi connectivity index (χ2n) is 8.16. The van der Waals surface area contributed by atoms with E-state index in [2.05, 4.69) is 26.6 Å². The molecular formula is C22H29N5O8S2. The number of benzene rings is 1. The fourth-order valence-corrected chi connectivity index (χ4v) is 5.45. The molecule has 2 rings (SSSR count). The standard InChI is InChI=1S/C22H29N5O8S2/c1-11-19(31)23-8-18(30)26-17(22(34)35)10-37-36-9-16(21(33)24-11)27-20(32)15(25-12(2)28)7-13-3-5-14(29)6-4-13/h3-6,11,15-17,29H,7-10H2,1-2H3,(H,23,31)(H,24,33)(H,25,28)(H,26,30)(H,27,32)(H,34,35)/t11-,15-,16-,17-/m0/s1. The molecule has 0 radical (unpaired) electrons. The van der Waals surface area contributed by atoms with Crippen molar-refractivity contribution in [3.05, 3.63) is 29.8 Å². The van der Waals surface area contributed by atoms with Crippen LogP contribution in [0.4, 0.5) is 0 Å². The maximum absolute atomic E-state index is 13.1. The number of aromatic hydroxyl groups is 1. The maximum atomic E-state index is 13.1. The second-order valence-corrected chi connectivity index (χ2v) is 10.7. The first kappa shape index (κ1) is 29.8. The van der Waals surface area contributed by atoms with Crippen LogP contribution in [0.1, 0.15) is 19.4 Å². The Labute approximate surface area is 220 Å². The largest absolute Gasteiger partial charge is 0.508 e. The van der Waals surface area contributed by atoms with E-state index in [1.165, 1.54) is 26.0 Å². The average molecular weight is 556 g/mol. The molecular weight excluding hydrogens is 526 g/mol. The van der Waals surface area contributed by atoms with Crippen LogP contribution in [0.3, 0.4) is 0 Å². The van der Waals surface area contributed by atoms with Crippen LogP contribution in [0.5, 0.6) is 5.75 Å². The molecule has 13 nitrogen and oxygen atoms in total. The van der Waals surface area contributed by atoms with E-state index in [-0.39, 0.29) is 23.7 Å². The van der Waals surface area contributed by atoms with E-state index < -0.39 is 66.2 Å². The Hall–Kier alpha value is -3.46. The molecule has 1 aromatic rings. The number of phenolic OH excluding ortho intramolecular Hbond substituents is 1. The van der Waals surface area contributed by atoms with Crippen LogP contribution in [-0.2, 0) is 35.2 Å². The zero-order valence-electron chi connectivity index (χ0n) is 20.1. The van der Waals surface area contributed by atoms with E-state index in [9.17, 15) is 39.0 Å². The molecule has 1 heterocycles. The van der Waals surface area contributed by atoms with Gasteiger partial charge in [-0.05, 0) is 24.6 Å². The van der Waals surface area contributed by atoms with Crippen molar-refractivity contribution in [1.82, 2.24) is 26.6 Å². The van der Waals surface area contributed by atoms with Crippen LogP contribution < -0.4 is 26.6 Å². The van der Waals surface area contributed by atoms with Gasteiger partial charge in [-0.1, -0.05) is 33.7 Å². The number of amides is 5. The molecule has 15 heteroatoms. The lowest BCUT2D eigenvalue weighted by Gasteiger charge is -2.24. The van der Waals surface area contributed by atoms with Gasteiger partial charge in [-0.3, -0.25) is 24.0 Å². The smallest absolute Gasteiger partial charge is 0.327 e. The van der Waals surface area contributed by atoms with Crippen molar-refractivity contribution in [3.8, 4) is 5.75 Å². The van der Waals surface area contributed by atoms with Crippen molar-refractivity contribution in [2.45, 2.75) is 44.4 Å². The third kappa shape index (κ3) is 10.2. The molecule has 1 saturated heterocycles. The Balaban J connectivity index is 2.18. The quantitative estimate of drug-likeness (QED) is 0.203. The summed E-state index contributed by atoms with van der Waals surface area (Å²) in [5.74, 6) is -4.41. The van der Waals surface area contributed by atoms with Gasteiger partial charge in [-0.25, -0.2) is 4.79 Å². The van der Waals surface area contributed by atoms with Crippen LogP contribution >= 0.6 is 21.6 Å². The van der Waals surface area contributed by atoms with Crippen LogP contribution in [0, 0.1) is 0 Å². The lowest BCUT2D eigenvalue weighted by atomic mass is 10.0. The highest BCUT2D eigenvalue weighted by Crippen LogP contribution is 2.23. The Morgan fingerprint density at radius 1 is 1.05 bits per heavy atom. The van der Waals surface area contributed by atoms with Gasteiger partial charge in [-0.2, -0.15) is 0 Å². The van der Waals surface area contributed by atoms with E-state index in [0.29, 0.717) is 5.56 Å². The molecule has 1 aliphatic heterocycles. The summed E-state index contributed by atoms with van der Waals surface area (Å²) < 4.78 is 0. The Morgan fingerprint density at radius 3 is 2.32 bits per heavy atom. The zero-order chi connectivity index (χ0) is 27.5. The van der Waals surface area contributed by atoms with Gasteiger partial charge >= 0.3 is 5.97 Å². The highest BCUT2D eigenvalue weighted by atomic mass is 33.1. The number of carbonyl (C=O) groups is 6. The molecule has 37 heavy (non-hydrogen) atoms. The molecule has 1 aliphatic rings. The summed E-state index contributed by atoms with van der Waals surface area (Å²) in [7, 11) is 2.18. The van der Waals surface area contributed by atoms with E-state index in [1.807, 2.05) is 0 Å². The van der Waals surface area contributed by atoms with Crippen molar-refractivity contribution in [3.63, 3.8) is 0 Å². The summed E-state index contributed by atoms with van der Waals surface area (Å²) in [4.78, 5) is 73.5. The van der Waals surface area contributed by atoms with Gasteiger partial charge in [0, 0.05) is 24.9 Å². The summed E-state index contributed by atoms with van der Waals surface area (Å²) >= 11 is 0. The van der Waals surface area contributed by atoms with Gasteiger partial charge in [0.15, 0.2) is 0 Å². The molecule has 1 aromatic carbocycles. The van der Waals surface area contributed by atoms with Crippen molar-refractivity contribution in [1.29, 1.82) is 0 Å². The van der Waals surface area contributed by atoms with Crippen molar-refractivity contribution in [2.75, 3.05) is 18.1 Å². The van der Waals surface area contributed by atoms with Gasteiger partial charge < -0.3 is 36.8 Å². The predicted octanol–water partition coefficient (Wildman–Crippen LogP) is -1.49. The molecule has 202 valence electrons. The highest BCUT2D eigenvalue weighted by molar-refractivity contribution is 8.76. The summed E-state index contributed by atoms with van der Waals surface area (Å²) in [6.45, 7) is 2.16. The number of rotatable bonds is 6. The number of hydrogen-bond acceptors (Lipinski definition) is 9. The topological polar surface area (TPSA) is 203 Å². The first-order valence-corrected chi connectivity index (χ1v) is 13.6. The predicted molar refractivity (Wildman–Crippen MR) is 136 cm³/mol. The number of nitrogens with one attached hydrogen (secondary N) is 5. The van der Waals surface area contributed by atoms with Gasteiger partial charge in [-0.15, -0.1) is 0 Å². The maximum Gasteiger partial charge on any atom is 0.327 e. The first-order valence-electron chi connectivity index (χ1n) is 11.2. The summed E-state index contributed by atoms with van der Waals surface area (Å²) in [5.41, 5.74) is 0.652. The summed E-state index contributed by atoms with van der Waals surface area (Å²) in [5, 5.41) is 31.1. The van der Waals surface area contributed by atoms with Gasteiger partial charge in [0.25, 0.3) is 0 Å². The highest BCUT2D eigenvalue weighted by Gasteiger charge is 2.29. The summed E-state index contributed by atoms with van der Waals surface area (Å²) in [6.07, 6.45) is 0.0841. The van der Waals surface area contributed by atoms with E-state index in [1.54, 1.807) is 12.1 Å². The van der Waals surface area contributed by atoms with Gasteiger partial charge in [0.05, 0.1) is 6.54 Å². The van der Waals surface area contributed by atoms with Crippen LogP contribution in [0.15, 0.2) is 24.3 Å². The van der Waals surface area contributed by atoms with Gasteiger partial charge in [0.1, 0.15) is 29.9 Å². The van der Waals surface area contributed by atoms with Crippen molar-refractivity contribution in [2.24, 2.45) is 0 Å². The molecule has 0 aliphatic carbocycles. The molecule has 5 amide bonds. The van der Waals surface area contributed by atoms with E-state index in [4.69, 9.17) is 0 Å². The zero-order valence-corrected chi connectivity index (χ0v) is 21.7. The molecule has 4 atom stereocenters. The Kier molecular flexibility index (Phi) is 11.5. The number of carboxylic acids is 1. The third-order valence-corrected chi connectivity index (χ3v) is 7.49. The minimum Gasteiger partial charge on any atom is -0.508 e. The molecule has 0 bridgehead atoms. The lowest BCUT2D eigenvalue weighted by molar-refractivity contribution is -0.141. The SMILES string of the molecule is CC(=O)N[C@@H](Cc1ccc(O)cc1)C(=O)N[C@H]1CSSC[C@@H](C(=O)O)NC(=O)CNC(=O)[C@H](C)NC1=O. The molecule has 1 fully saturated rings. The molecule has 0 aromatic heterocycles. The first-order chi connectivity index (χ1) is 17.5. The third-order valence-electron chi connectivity index (χ3n) is 5.06. The molecule has 0 unspecified atom stereocenters. The average Bonchev–Trinajstić information content (AvgIpc) is 2.83. The van der Waals surface area contributed by atoms with E-state index >= 15 is 0 Å². The van der Waals surface area contributed by atoms with E-state index in [0.717, 1.165) is 21.6 Å². The minimum absolute atomic E-state index is 0.00284. The van der Waals surface area contributed by atoms with Crippen molar-refractivity contribution >= 4 is 57.1 Å². The molecule has 7 N–H and O–H groups in total.